The Balaban J connectivity index is 1.21. The maximum atomic E-state index is 15.3. The summed E-state index contributed by atoms with van der Waals surface area (Å²) in [6.45, 7) is 3.82. The minimum Gasteiger partial charge on any atom is -0.206 e. The molecule has 1 atom stereocenters. The molecule has 0 bridgehead atoms. The predicted octanol–water partition coefficient (Wildman–Crippen LogP) is 11.3. The molecular formula is C36H41F3. The zero-order valence-corrected chi connectivity index (χ0v) is 23.4. The zero-order valence-electron chi connectivity index (χ0n) is 23.4. The van der Waals surface area contributed by atoms with Crippen LogP contribution in [0.25, 0.3) is 27.8 Å². The second-order valence-electron chi connectivity index (χ2n) is 11.9. The largest absolute Gasteiger partial charge is 0.206 e. The summed E-state index contributed by atoms with van der Waals surface area (Å²) in [6, 6.07) is 15.7. The summed E-state index contributed by atoms with van der Waals surface area (Å²) < 4.78 is 43.7. The first-order valence-electron chi connectivity index (χ1n) is 15.0. The minimum atomic E-state index is -0.851. The number of hydrogen-bond donors (Lipinski definition) is 0. The summed E-state index contributed by atoms with van der Waals surface area (Å²) >= 11 is 0. The van der Waals surface area contributed by atoms with Crippen molar-refractivity contribution < 1.29 is 13.2 Å². The molecular weight excluding hydrogens is 489 g/mol. The van der Waals surface area contributed by atoms with Crippen molar-refractivity contribution in [1.82, 2.24) is 0 Å². The van der Waals surface area contributed by atoms with Crippen LogP contribution in [0.5, 0.6) is 0 Å². The Morgan fingerprint density at radius 1 is 0.692 bits per heavy atom. The SMILES string of the molecule is CCCCCC1CCC(C2CC=C(c3ccc(-c4ccc(-c5ccc(C)c(F)c5F)cc4)c(F)c3)CC2)CC1. The van der Waals surface area contributed by atoms with E-state index in [4.69, 9.17) is 0 Å². The van der Waals surface area contributed by atoms with Gasteiger partial charge in [-0.2, -0.15) is 0 Å². The van der Waals surface area contributed by atoms with E-state index in [9.17, 15) is 8.78 Å². The van der Waals surface area contributed by atoms with Crippen LogP contribution in [0.2, 0.25) is 0 Å². The first-order chi connectivity index (χ1) is 18.9. The molecule has 0 N–H and O–H groups in total. The fraction of sp³-hybridized carbons (Fsp3) is 0.444. The van der Waals surface area contributed by atoms with Crippen LogP contribution in [-0.2, 0) is 0 Å². The molecule has 0 spiro atoms. The van der Waals surface area contributed by atoms with Gasteiger partial charge in [0.25, 0.3) is 0 Å². The molecule has 0 nitrogen and oxygen atoms in total. The van der Waals surface area contributed by atoms with E-state index >= 15 is 4.39 Å². The predicted molar refractivity (Wildman–Crippen MR) is 157 cm³/mol. The summed E-state index contributed by atoms with van der Waals surface area (Å²) in [5.74, 6) is 0.657. The molecule has 3 heteroatoms. The summed E-state index contributed by atoms with van der Waals surface area (Å²) in [7, 11) is 0. The molecule has 0 aliphatic heterocycles. The average Bonchev–Trinajstić information content (AvgIpc) is 2.97. The number of aryl methyl sites for hydroxylation is 1. The fourth-order valence-corrected chi connectivity index (χ4v) is 6.82. The van der Waals surface area contributed by atoms with E-state index in [1.807, 2.05) is 12.1 Å². The molecule has 2 aliphatic rings. The molecule has 1 saturated carbocycles. The molecule has 3 aromatic rings. The third kappa shape index (κ3) is 6.34. The highest BCUT2D eigenvalue weighted by atomic mass is 19.2. The number of hydrogen-bond acceptors (Lipinski definition) is 0. The molecule has 3 aromatic carbocycles. The maximum Gasteiger partial charge on any atom is 0.166 e. The van der Waals surface area contributed by atoms with Gasteiger partial charge in [-0.1, -0.05) is 100 Å². The van der Waals surface area contributed by atoms with Crippen molar-refractivity contribution in [3.05, 3.63) is 89.3 Å². The lowest BCUT2D eigenvalue weighted by atomic mass is 9.70. The Bertz CT molecular complexity index is 1300. The molecule has 206 valence electrons. The molecule has 5 rings (SSSR count). The van der Waals surface area contributed by atoms with Crippen LogP contribution in [0.15, 0.2) is 60.7 Å². The van der Waals surface area contributed by atoms with Crippen molar-refractivity contribution >= 4 is 5.57 Å². The van der Waals surface area contributed by atoms with Gasteiger partial charge in [0.2, 0.25) is 0 Å². The van der Waals surface area contributed by atoms with Crippen LogP contribution in [0.4, 0.5) is 13.2 Å². The highest BCUT2D eigenvalue weighted by molar-refractivity contribution is 5.74. The second-order valence-corrected chi connectivity index (χ2v) is 11.9. The highest BCUT2D eigenvalue weighted by Gasteiger charge is 2.28. The Kier molecular flexibility index (Phi) is 8.95. The normalized spacial score (nSPS) is 21.6. The molecule has 0 saturated heterocycles. The van der Waals surface area contributed by atoms with Crippen molar-refractivity contribution in [3.8, 4) is 22.3 Å². The highest BCUT2D eigenvalue weighted by Crippen LogP contribution is 2.42. The second kappa shape index (κ2) is 12.6. The van der Waals surface area contributed by atoms with E-state index < -0.39 is 11.6 Å². The lowest BCUT2D eigenvalue weighted by Crippen LogP contribution is -2.23. The Hall–Kier alpha value is -2.81. The number of rotatable bonds is 8. The Morgan fingerprint density at radius 2 is 1.36 bits per heavy atom. The lowest BCUT2D eigenvalue weighted by molar-refractivity contribution is 0.187. The average molecular weight is 531 g/mol. The van der Waals surface area contributed by atoms with Gasteiger partial charge in [-0.25, -0.2) is 13.2 Å². The van der Waals surface area contributed by atoms with Crippen LogP contribution < -0.4 is 0 Å². The Labute approximate surface area is 232 Å². The summed E-state index contributed by atoms with van der Waals surface area (Å²) in [5.41, 5.74) is 4.53. The maximum absolute atomic E-state index is 15.3. The van der Waals surface area contributed by atoms with Gasteiger partial charge >= 0.3 is 0 Å². The number of unbranched alkanes of at least 4 members (excludes halogenated alkanes) is 2. The standard InChI is InChI=1S/C36H41F3/c1-3-4-5-6-25-8-10-26(11-9-25)27-12-14-28(15-13-27)31-20-22-32(34(37)23-31)29-16-18-30(19-17-29)33-21-7-24(2)35(38)36(33)39/h7,14,16-23,25-27H,3-6,8-13,15H2,1-2H3. The molecule has 39 heavy (non-hydrogen) atoms. The van der Waals surface area contributed by atoms with Crippen LogP contribution in [-0.4, -0.2) is 0 Å². The summed E-state index contributed by atoms with van der Waals surface area (Å²) in [6.07, 6.45) is 16.8. The third-order valence-corrected chi connectivity index (χ3v) is 9.35. The van der Waals surface area contributed by atoms with Gasteiger partial charge in [-0.15, -0.1) is 0 Å². The van der Waals surface area contributed by atoms with Gasteiger partial charge < -0.3 is 0 Å². The minimum absolute atomic E-state index is 0.211. The third-order valence-electron chi connectivity index (χ3n) is 9.35. The van der Waals surface area contributed by atoms with E-state index in [2.05, 4.69) is 13.0 Å². The first-order valence-corrected chi connectivity index (χ1v) is 15.0. The smallest absolute Gasteiger partial charge is 0.166 e. The van der Waals surface area contributed by atoms with Crippen LogP contribution in [0.3, 0.4) is 0 Å². The molecule has 0 aromatic heterocycles. The van der Waals surface area contributed by atoms with Gasteiger partial charge in [0, 0.05) is 11.1 Å². The van der Waals surface area contributed by atoms with Crippen LogP contribution >= 0.6 is 0 Å². The van der Waals surface area contributed by atoms with E-state index in [0.717, 1.165) is 41.7 Å². The molecule has 1 unspecified atom stereocenters. The van der Waals surface area contributed by atoms with Crippen molar-refractivity contribution in [3.63, 3.8) is 0 Å². The monoisotopic (exact) mass is 530 g/mol. The van der Waals surface area contributed by atoms with Crippen molar-refractivity contribution in [2.24, 2.45) is 17.8 Å². The molecule has 0 radical (unpaired) electrons. The van der Waals surface area contributed by atoms with Gasteiger partial charge in [0.1, 0.15) is 5.82 Å². The van der Waals surface area contributed by atoms with Gasteiger partial charge in [0.05, 0.1) is 0 Å². The van der Waals surface area contributed by atoms with Crippen molar-refractivity contribution in [1.29, 1.82) is 0 Å². The van der Waals surface area contributed by atoms with E-state index in [1.165, 1.54) is 63.4 Å². The first kappa shape index (κ1) is 27.7. The van der Waals surface area contributed by atoms with Gasteiger partial charge in [-0.05, 0) is 90.7 Å². The lowest BCUT2D eigenvalue weighted by Gasteiger charge is -2.35. The van der Waals surface area contributed by atoms with Crippen molar-refractivity contribution in [2.75, 3.05) is 0 Å². The molecule has 2 aliphatic carbocycles. The molecule has 0 heterocycles. The summed E-state index contributed by atoms with van der Waals surface area (Å²) in [4.78, 5) is 0. The van der Waals surface area contributed by atoms with E-state index in [-0.39, 0.29) is 16.9 Å². The number of allylic oxidation sites excluding steroid dienone is 2. The Morgan fingerprint density at radius 3 is 2.00 bits per heavy atom. The molecule has 0 amide bonds. The topological polar surface area (TPSA) is 0 Å². The van der Waals surface area contributed by atoms with Gasteiger partial charge in [0.15, 0.2) is 11.6 Å². The summed E-state index contributed by atoms with van der Waals surface area (Å²) in [5, 5.41) is 0. The zero-order chi connectivity index (χ0) is 27.4. The van der Waals surface area contributed by atoms with Crippen LogP contribution in [0, 0.1) is 42.1 Å². The number of benzene rings is 3. The molecule has 1 fully saturated rings. The van der Waals surface area contributed by atoms with Crippen LogP contribution in [0.1, 0.15) is 88.7 Å². The van der Waals surface area contributed by atoms with E-state index in [0.29, 0.717) is 11.1 Å². The van der Waals surface area contributed by atoms with E-state index in [1.54, 1.807) is 49.4 Å². The fourth-order valence-electron chi connectivity index (χ4n) is 6.82. The van der Waals surface area contributed by atoms with Gasteiger partial charge in [-0.3, -0.25) is 0 Å². The quantitative estimate of drug-likeness (QED) is 0.254. The number of halogens is 3. The van der Waals surface area contributed by atoms with Crippen molar-refractivity contribution in [2.45, 2.75) is 84.5 Å².